The molecule has 0 bridgehead atoms. The standard InChI is InChI=1S/C52H69ClN12O7/c1-4-35-6-5-7-38(25-35)39-27-42(62-45(68)32-56-28-36-12-17-63(3)46(69)26-36)48(59-29-39)51(70)58-16-23-72-22-15-55-31-44(67)57-14-13-54-30-41(37-8-10-40(53)11-9-37)52(71)65-20-18-64(19-21-65)50-47-34(2)24-43(66)49(47)60-33-61-50/h5-11,25,27,29,33-34,36,41,43,54-56,66H,4,12-24,26,28,30-32H2,1-3H3,(H,57,67)(H,58,70)(H,62,68)/t34-,36?,41-,43-/m1/s1. The van der Waals surface area contributed by atoms with Crippen molar-refractivity contribution in [3.05, 3.63) is 100 Å². The lowest BCUT2D eigenvalue weighted by Gasteiger charge is -2.38. The van der Waals surface area contributed by atoms with E-state index in [4.69, 9.17) is 16.3 Å². The second kappa shape index (κ2) is 26.6. The molecule has 2 aromatic carbocycles. The number of aromatic nitrogens is 3. The molecule has 72 heavy (non-hydrogen) atoms. The van der Waals surface area contributed by atoms with Crippen molar-refractivity contribution >= 4 is 52.6 Å². The minimum absolute atomic E-state index is 0.00850. The number of nitrogens with one attached hydrogen (secondary N) is 6. The Hall–Kier alpha value is -6.09. The molecule has 2 saturated heterocycles. The quantitative estimate of drug-likeness (QED) is 0.0501. The molecule has 3 aliphatic rings. The summed E-state index contributed by atoms with van der Waals surface area (Å²) in [5.41, 5.74) is 5.72. The lowest BCUT2D eigenvalue weighted by molar-refractivity contribution is -0.134. The molecule has 4 heterocycles. The van der Waals surface area contributed by atoms with E-state index in [0.717, 1.165) is 46.5 Å². The fourth-order valence-electron chi connectivity index (χ4n) is 9.36. The van der Waals surface area contributed by atoms with Gasteiger partial charge in [-0.15, -0.1) is 0 Å². The van der Waals surface area contributed by atoms with E-state index in [1.807, 2.05) is 35.2 Å². The van der Waals surface area contributed by atoms with Gasteiger partial charge in [-0.05, 0) is 72.5 Å². The number of ether oxygens (including phenoxy) is 1. The Morgan fingerprint density at radius 3 is 2.42 bits per heavy atom. The average molecular weight is 1010 g/mol. The molecule has 4 atom stereocenters. The van der Waals surface area contributed by atoms with Gasteiger partial charge < -0.3 is 56.4 Å². The fourth-order valence-corrected chi connectivity index (χ4v) is 9.48. The summed E-state index contributed by atoms with van der Waals surface area (Å²) in [6.07, 6.45) is 5.34. The fraction of sp³-hybridized carbons (Fsp3) is 0.500. The van der Waals surface area contributed by atoms with Crippen LogP contribution >= 0.6 is 11.6 Å². The number of nitrogens with zero attached hydrogens (tertiary/aromatic N) is 6. The number of piperazine rings is 1. The number of fused-ring (bicyclic) bond motifs is 1. The Labute approximate surface area is 426 Å². The van der Waals surface area contributed by atoms with E-state index in [2.05, 4.69) is 71.7 Å². The van der Waals surface area contributed by atoms with E-state index in [1.54, 1.807) is 36.3 Å². The summed E-state index contributed by atoms with van der Waals surface area (Å²) >= 11 is 6.20. The van der Waals surface area contributed by atoms with Crippen molar-refractivity contribution in [1.82, 2.24) is 51.3 Å². The van der Waals surface area contributed by atoms with E-state index in [-0.39, 0.29) is 73.1 Å². The number of aliphatic hydroxyl groups excluding tert-OH is 1. The summed E-state index contributed by atoms with van der Waals surface area (Å²) < 4.78 is 5.70. The van der Waals surface area contributed by atoms with Gasteiger partial charge in [0.25, 0.3) is 5.91 Å². The van der Waals surface area contributed by atoms with Crippen LogP contribution in [-0.4, -0.2) is 165 Å². The summed E-state index contributed by atoms with van der Waals surface area (Å²) in [6.45, 7) is 10.1. The zero-order chi connectivity index (χ0) is 51.0. The normalized spacial score (nSPS) is 18.2. The lowest BCUT2D eigenvalue weighted by atomic mass is 9.96. The molecule has 0 radical (unpaired) electrons. The van der Waals surface area contributed by atoms with Gasteiger partial charge in [0.2, 0.25) is 23.6 Å². The average Bonchev–Trinajstić information content (AvgIpc) is 3.69. The molecule has 0 saturated carbocycles. The first-order valence-electron chi connectivity index (χ1n) is 25.1. The van der Waals surface area contributed by atoms with Crippen molar-refractivity contribution < 1.29 is 33.8 Å². The van der Waals surface area contributed by atoms with Gasteiger partial charge in [0, 0.05) is 101 Å². The Morgan fingerprint density at radius 1 is 0.861 bits per heavy atom. The van der Waals surface area contributed by atoms with E-state index in [0.29, 0.717) is 95.6 Å². The van der Waals surface area contributed by atoms with Gasteiger partial charge in [-0.2, -0.15) is 0 Å². The number of carbonyl (C=O) groups excluding carboxylic acids is 5. The number of anilines is 2. The highest BCUT2D eigenvalue weighted by atomic mass is 35.5. The highest BCUT2D eigenvalue weighted by Gasteiger charge is 2.35. The van der Waals surface area contributed by atoms with Crippen LogP contribution in [0.4, 0.5) is 11.5 Å². The highest BCUT2D eigenvalue weighted by Crippen LogP contribution is 2.43. The van der Waals surface area contributed by atoms with Crippen molar-refractivity contribution in [3.8, 4) is 11.1 Å². The van der Waals surface area contributed by atoms with Crippen LogP contribution in [0.3, 0.4) is 0 Å². The van der Waals surface area contributed by atoms with Gasteiger partial charge in [-0.25, -0.2) is 15.0 Å². The van der Waals surface area contributed by atoms with Crippen LogP contribution in [0.1, 0.15) is 83.9 Å². The predicted molar refractivity (Wildman–Crippen MR) is 276 cm³/mol. The number of hydrogen-bond donors (Lipinski definition) is 7. The number of benzene rings is 2. The molecule has 1 aliphatic carbocycles. The molecule has 19 nitrogen and oxygen atoms in total. The Balaban J connectivity index is 0.790. The van der Waals surface area contributed by atoms with Crippen LogP contribution in [-0.2, 0) is 30.3 Å². The van der Waals surface area contributed by atoms with Gasteiger partial charge in [0.1, 0.15) is 12.1 Å². The highest BCUT2D eigenvalue weighted by molar-refractivity contribution is 6.30. The van der Waals surface area contributed by atoms with Crippen LogP contribution in [0.25, 0.3) is 11.1 Å². The molecule has 20 heteroatoms. The minimum Gasteiger partial charge on any atom is -0.387 e. The first-order valence-corrected chi connectivity index (χ1v) is 25.5. The third kappa shape index (κ3) is 14.8. The van der Waals surface area contributed by atoms with E-state index in [1.165, 1.54) is 6.33 Å². The van der Waals surface area contributed by atoms with Crippen molar-refractivity contribution in [3.63, 3.8) is 0 Å². The molecule has 2 aromatic heterocycles. The summed E-state index contributed by atoms with van der Waals surface area (Å²) in [4.78, 5) is 84.5. The topological polar surface area (TPSA) is 235 Å². The maximum absolute atomic E-state index is 14.0. The van der Waals surface area contributed by atoms with Crippen LogP contribution in [0.5, 0.6) is 0 Å². The number of likely N-dealkylation sites (tertiary alicyclic amines) is 1. The smallest absolute Gasteiger partial charge is 0.272 e. The number of aliphatic hydroxyl groups is 1. The molecule has 386 valence electrons. The second-order valence-electron chi connectivity index (χ2n) is 18.7. The Morgan fingerprint density at radius 2 is 1.64 bits per heavy atom. The molecular formula is C52H69ClN12O7. The zero-order valence-corrected chi connectivity index (χ0v) is 42.3. The maximum Gasteiger partial charge on any atom is 0.272 e. The molecule has 5 amide bonds. The van der Waals surface area contributed by atoms with Gasteiger partial charge in [-0.1, -0.05) is 61.8 Å². The van der Waals surface area contributed by atoms with Crippen LogP contribution in [0, 0.1) is 5.92 Å². The van der Waals surface area contributed by atoms with Gasteiger partial charge >= 0.3 is 0 Å². The number of pyridine rings is 1. The molecule has 7 rings (SSSR count). The first-order chi connectivity index (χ1) is 34.9. The number of rotatable bonds is 24. The molecule has 2 fully saturated rings. The predicted octanol–water partition coefficient (Wildman–Crippen LogP) is 2.87. The third-order valence-corrected chi connectivity index (χ3v) is 13.7. The monoisotopic (exact) mass is 1010 g/mol. The molecule has 2 aliphatic heterocycles. The van der Waals surface area contributed by atoms with Crippen LogP contribution < -0.4 is 36.8 Å². The molecule has 7 N–H and O–H groups in total. The summed E-state index contributed by atoms with van der Waals surface area (Å²) in [6, 6.07) is 17.1. The Bertz CT molecular complexity index is 2490. The van der Waals surface area contributed by atoms with Crippen molar-refractivity contribution in [1.29, 1.82) is 0 Å². The van der Waals surface area contributed by atoms with Crippen molar-refractivity contribution in [2.75, 3.05) is 116 Å². The van der Waals surface area contributed by atoms with E-state index >= 15 is 0 Å². The number of amides is 5. The summed E-state index contributed by atoms with van der Waals surface area (Å²) in [7, 11) is 1.80. The minimum atomic E-state index is -0.583. The number of piperidine rings is 1. The molecule has 0 spiro atoms. The van der Waals surface area contributed by atoms with E-state index < -0.39 is 17.9 Å². The number of hydrogen-bond acceptors (Lipinski definition) is 14. The molecule has 1 unspecified atom stereocenters. The molecule has 4 aromatic rings. The van der Waals surface area contributed by atoms with Gasteiger partial charge in [0.05, 0.1) is 49.7 Å². The SMILES string of the molecule is CCc1cccc(-c2cnc(C(=O)NCCOCCNCC(=O)NCCNC[C@@H](C(=O)N3CCN(c4ncnc5c4[C@H](C)C[C@H]5O)CC3)c3ccc(Cl)cc3)c(NC(=O)CNCC3CCN(C)C(=O)C3)c2)c1. The van der Waals surface area contributed by atoms with Crippen molar-refractivity contribution in [2.24, 2.45) is 5.92 Å². The zero-order valence-electron chi connectivity index (χ0n) is 41.6. The lowest BCUT2D eigenvalue weighted by Crippen LogP contribution is -2.51. The van der Waals surface area contributed by atoms with Crippen LogP contribution in [0.2, 0.25) is 5.02 Å². The number of halogens is 1. The van der Waals surface area contributed by atoms with E-state index in [9.17, 15) is 29.1 Å². The summed E-state index contributed by atoms with van der Waals surface area (Å²) in [5, 5.41) is 29.2. The Kier molecular flexibility index (Phi) is 19.8. The van der Waals surface area contributed by atoms with Crippen LogP contribution in [0.15, 0.2) is 67.1 Å². The second-order valence-corrected chi connectivity index (χ2v) is 19.1. The number of carbonyl (C=O) groups is 5. The first kappa shape index (κ1) is 53.7. The van der Waals surface area contributed by atoms with Gasteiger partial charge in [-0.3, -0.25) is 24.0 Å². The third-order valence-electron chi connectivity index (χ3n) is 13.5. The van der Waals surface area contributed by atoms with Crippen molar-refractivity contribution in [2.45, 2.75) is 57.5 Å². The summed E-state index contributed by atoms with van der Waals surface area (Å²) in [5.74, 6) is -0.181. The van der Waals surface area contributed by atoms with Gasteiger partial charge in [0.15, 0.2) is 5.69 Å². The maximum atomic E-state index is 14.0. The number of aryl methyl sites for hydroxylation is 1. The molecular weight excluding hydrogens is 940 g/mol. The largest absolute Gasteiger partial charge is 0.387 e.